The molecule has 1 saturated carbocycles. The molecule has 1 N–H and O–H groups in total. The molecule has 3 nitrogen and oxygen atoms in total. The summed E-state index contributed by atoms with van der Waals surface area (Å²) in [5.41, 5.74) is -0.727. The molecule has 0 aliphatic heterocycles. The molecule has 0 aromatic carbocycles. The smallest absolute Gasteiger partial charge is 0.416 e. The first-order valence-electron chi connectivity index (χ1n) is 6.38. The van der Waals surface area contributed by atoms with Crippen molar-refractivity contribution in [2.24, 2.45) is 0 Å². The van der Waals surface area contributed by atoms with E-state index in [0.29, 0.717) is 0 Å². The van der Waals surface area contributed by atoms with E-state index in [1.165, 1.54) is 0 Å². The van der Waals surface area contributed by atoms with Crippen molar-refractivity contribution in [1.82, 2.24) is 10.3 Å². The largest absolute Gasteiger partial charge is 0.473 e. The lowest BCUT2D eigenvalue weighted by Crippen LogP contribution is -2.43. The maximum absolute atomic E-state index is 12.6. The van der Waals surface area contributed by atoms with E-state index in [0.717, 1.165) is 44.0 Å². The monoisotopic (exact) mass is 274 g/mol. The molecule has 0 radical (unpaired) electrons. The van der Waals surface area contributed by atoms with Crippen LogP contribution in [0.1, 0.15) is 31.2 Å². The Kier molecular flexibility index (Phi) is 4.29. The average molecular weight is 274 g/mol. The zero-order valence-corrected chi connectivity index (χ0v) is 10.7. The molecule has 1 fully saturated rings. The molecule has 19 heavy (non-hydrogen) atoms. The van der Waals surface area contributed by atoms with E-state index in [2.05, 4.69) is 10.3 Å². The van der Waals surface area contributed by atoms with Gasteiger partial charge in [-0.05, 0) is 32.4 Å². The highest BCUT2D eigenvalue weighted by Crippen LogP contribution is 2.31. The van der Waals surface area contributed by atoms with E-state index in [9.17, 15) is 13.2 Å². The summed E-state index contributed by atoms with van der Waals surface area (Å²) in [4.78, 5) is 3.87. The lowest BCUT2D eigenvalue weighted by molar-refractivity contribution is -0.137. The topological polar surface area (TPSA) is 34.1 Å². The minimum absolute atomic E-state index is 0.0435. The summed E-state index contributed by atoms with van der Waals surface area (Å²) in [7, 11) is 1.84. The summed E-state index contributed by atoms with van der Waals surface area (Å²) >= 11 is 0. The summed E-state index contributed by atoms with van der Waals surface area (Å²) in [6, 6.07) is 2.08. The van der Waals surface area contributed by atoms with Gasteiger partial charge < -0.3 is 10.1 Å². The highest BCUT2D eigenvalue weighted by molar-refractivity contribution is 5.23. The van der Waals surface area contributed by atoms with Gasteiger partial charge >= 0.3 is 6.18 Å². The van der Waals surface area contributed by atoms with Gasteiger partial charge in [0, 0.05) is 18.3 Å². The lowest BCUT2D eigenvalue weighted by Gasteiger charge is -2.31. The van der Waals surface area contributed by atoms with Crippen molar-refractivity contribution in [3.8, 4) is 5.88 Å². The number of rotatable bonds is 3. The van der Waals surface area contributed by atoms with Gasteiger partial charge in [-0.2, -0.15) is 13.2 Å². The number of aromatic nitrogens is 1. The molecule has 0 amide bonds. The van der Waals surface area contributed by atoms with Crippen LogP contribution in [0.15, 0.2) is 18.3 Å². The Morgan fingerprint density at radius 3 is 2.74 bits per heavy atom. The Morgan fingerprint density at radius 2 is 2.05 bits per heavy atom. The van der Waals surface area contributed by atoms with E-state index in [1.807, 2.05) is 7.05 Å². The number of likely N-dealkylation sites (N-methyl/N-ethyl adjacent to an activating group) is 1. The highest BCUT2D eigenvalue weighted by atomic mass is 19.4. The van der Waals surface area contributed by atoms with E-state index in [-0.39, 0.29) is 18.0 Å². The third-order valence-corrected chi connectivity index (χ3v) is 3.41. The van der Waals surface area contributed by atoms with Gasteiger partial charge in [0.15, 0.2) is 0 Å². The summed E-state index contributed by atoms with van der Waals surface area (Å²) in [6.45, 7) is 0. The Labute approximate surface area is 110 Å². The molecule has 1 heterocycles. The third kappa shape index (κ3) is 3.59. The Balaban J connectivity index is 2.10. The van der Waals surface area contributed by atoms with Crippen molar-refractivity contribution < 1.29 is 17.9 Å². The molecule has 6 heteroatoms. The van der Waals surface area contributed by atoms with Crippen molar-refractivity contribution >= 4 is 0 Å². The van der Waals surface area contributed by atoms with Crippen LogP contribution in [0.2, 0.25) is 0 Å². The molecule has 0 saturated heterocycles. The molecule has 1 aromatic rings. The number of pyridine rings is 1. The van der Waals surface area contributed by atoms with Gasteiger partial charge in [0.25, 0.3) is 0 Å². The van der Waals surface area contributed by atoms with E-state index in [4.69, 9.17) is 4.74 Å². The fraction of sp³-hybridized carbons (Fsp3) is 0.615. The molecule has 2 atom stereocenters. The summed E-state index contributed by atoms with van der Waals surface area (Å²) in [5.74, 6) is 0.0435. The second-order valence-electron chi connectivity index (χ2n) is 4.72. The van der Waals surface area contributed by atoms with Crippen molar-refractivity contribution in [3.05, 3.63) is 23.9 Å². The molecular formula is C13H17F3N2O. The highest BCUT2D eigenvalue weighted by Gasteiger charge is 2.32. The maximum Gasteiger partial charge on any atom is 0.416 e. The molecule has 1 aliphatic rings. The minimum atomic E-state index is -4.37. The van der Waals surface area contributed by atoms with Crippen LogP contribution in [0.5, 0.6) is 5.88 Å². The maximum atomic E-state index is 12.6. The fourth-order valence-corrected chi connectivity index (χ4v) is 2.37. The zero-order valence-electron chi connectivity index (χ0n) is 10.7. The first kappa shape index (κ1) is 14.1. The normalized spacial score (nSPS) is 24.2. The van der Waals surface area contributed by atoms with Crippen LogP contribution < -0.4 is 10.1 Å². The molecule has 0 spiro atoms. The quantitative estimate of drug-likeness (QED) is 0.920. The fourth-order valence-electron chi connectivity index (χ4n) is 2.37. The molecule has 1 aromatic heterocycles. The number of hydrogen-bond acceptors (Lipinski definition) is 3. The molecule has 0 bridgehead atoms. The van der Waals surface area contributed by atoms with Gasteiger partial charge in [0.05, 0.1) is 5.56 Å². The zero-order chi connectivity index (χ0) is 13.9. The number of alkyl halides is 3. The van der Waals surface area contributed by atoms with Gasteiger partial charge in [0.2, 0.25) is 5.88 Å². The van der Waals surface area contributed by atoms with E-state index < -0.39 is 11.7 Å². The van der Waals surface area contributed by atoms with Crippen molar-refractivity contribution in [2.75, 3.05) is 7.05 Å². The summed E-state index contributed by atoms with van der Waals surface area (Å²) < 4.78 is 43.4. The second kappa shape index (κ2) is 5.77. The van der Waals surface area contributed by atoms with Crippen LogP contribution in [-0.2, 0) is 6.18 Å². The average Bonchev–Trinajstić information content (AvgIpc) is 2.39. The molecule has 1 aliphatic carbocycles. The van der Waals surface area contributed by atoms with Crippen LogP contribution in [0.25, 0.3) is 0 Å². The molecule has 106 valence electrons. The van der Waals surface area contributed by atoms with Gasteiger partial charge in [-0.25, -0.2) is 4.98 Å². The van der Waals surface area contributed by atoms with Gasteiger partial charge in [0.1, 0.15) is 6.10 Å². The summed E-state index contributed by atoms with van der Waals surface area (Å²) in [5, 5.41) is 3.14. The predicted octanol–water partition coefficient (Wildman–Crippen LogP) is 3.01. The second-order valence-corrected chi connectivity index (χ2v) is 4.72. The van der Waals surface area contributed by atoms with Crippen molar-refractivity contribution in [2.45, 2.75) is 44.0 Å². The standard InChI is InChI=1S/C13H17F3N2O/c1-17-10-4-2-3-5-11(10)19-12-8-9(6-7-18-12)13(14,15)16/h6-8,10-11,17H,2-5H2,1H3. The van der Waals surface area contributed by atoms with Crippen molar-refractivity contribution in [1.29, 1.82) is 0 Å². The van der Waals surface area contributed by atoms with Crippen LogP contribution >= 0.6 is 0 Å². The Bertz CT molecular complexity index is 423. The van der Waals surface area contributed by atoms with Crippen LogP contribution in [0, 0.1) is 0 Å². The van der Waals surface area contributed by atoms with Gasteiger partial charge in [-0.1, -0.05) is 6.42 Å². The van der Waals surface area contributed by atoms with Crippen molar-refractivity contribution in [3.63, 3.8) is 0 Å². The predicted molar refractivity (Wildman–Crippen MR) is 65.0 cm³/mol. The Morgan fingerprint density at radius 1 is 1.32 bits per heavy atom. The third-order valence-electron chi connectivity index (χ3n) is 3.41. The van der Waals surface area contributed by atoms with Crippen LogP contribution in [0.4, 0.5) is 13.2 Å². The summed E-state index contributed by atoms with van der Waals surface area (Å²) in [6.07, 6.45) is 0.604. The number of hydrogen-bond donors (Lipinski definition) is 1. The first-order chi connectivity index (χ1) is 9.00. The molecule has 2 rings (SSSR count). The van der Waals surface area contributed by atoms with Gasteiger partial charge in [-0.15, -0.1) is 0 Å². The molecule has 2 unspecified atom stereocenters. The first-order valence-corrected chi connectivity index (χ1v) is 6.38. The van der Waals surface area contributed by atoms with E-state index in [1.54, 1.807) is 0 Å². The number of ether oxygens (including phenoxy) is 1. The lowest BCUT2D eigenvalue weighted by atomic mass is 9.92. The Hall–Kier alpha value is -1.30. The van der Waals surface area contributed by atoms with Gasteiger partial charge in [-0.3, -0.25) is 0 Å². The molecular weight excluding hydrogens is 257 g/mol. The van der Waals surface area contributed by atoms with Crippen LogP contribution in [-0.4, -0.2) is 24.2 Å². The van der Waals surface area contributed by atoms with Crippen LogP contribution in [0.3, 0.4) is 0 Å². The number of halogens is 3. The SMILES string of the molecule is CNC1CCCCC1Oc1cc(C(F)(F)F)ccn1. The number of nitrogens with one attached hydrogen (secondary N) is 1. The number of nitrogens with zero attached hydrogens (tertiary/aromatic N) is 1. The minimum Gasteiger partial charge on any atom is -0.473 e. The van der Waals surface area contributed by atoms with E-state index >= 15 is 0 Å².